The molecule has 0 amide bonds. The average molecular weight is 333 g/mol. The van der Waals surface area contributed by atoms with Crippen molar-refractivity contribution < 1.29 is 0 Å². The van der Waals surface area contributed by atoms with E-state index >= 15 is 0 Å². The van der Waals surface area contributed by atoms with Gasteiger partial charge in [-0.1, -0.05) is 30.3 Å². The van der Waals surface area contributed by atoms with Crippen molar-refractivity contribution in [1.29, 1.82) is 0 Å². The lowest BCUT2D eigenvalue weighted by atomic mass is 9.86. The smallest absolute Gasteiger partial charge is 0.160 e. The summed E-state index contributed by atoms with van der Waals surface area (Å²) in [5, 5.41) is 0. The molecule has 0 spiro atoms. The van der Waals surface area contributed by atoms with Gasteiger partial charge in [-0.05, 0) is 43.6 Å². The molecule has 2 bridgehead atoms. The van der Waals surface area contributed by atoms with Crippen LogP contribution in [0.15, 0.2) is 42.9 Å². The summed E-state index contributed by atoms with van der Waals surface area (Å²) in [5.41, 5.74) is 3.19. The normalized spacial score (nSPS) is 26.3. The average Bonchev–Trinajstić information content (AvgIpc) is 3.14. The zero-order valence-electron chi connectivity index (χ0n) is 14.3. The summed E-state index contributed by atoms with van der Waals surface area (Å²) in [6.07, 6.45) is 9.86. The van der Waals surface area contributed by atoms with Crippen molar-refractivity contribution in [3.63, 3.8) is 0 Å². The minimum absolute atomic E-state index is 0.701. The highest BCUT2D eigenvalue weighted by Crippen LogP contribution is 2.40. The fourth-order valence-corrected chi connectivity index (χ4v) is 4.82. The number of piperidine rings is 1. The molecule has 2 fully saturated rings. The van der Waals surface area contributed by atoms with Crippen molar-refractivity contribution in [2.75, 3.05) is 0 Å². The number of aromatic nitrogens is 4. The fraction of sp³-hybridized carbons (Fsp3) is 0.450. The highest BCUT2D eigenvalue weighted by Gasteiger charge is 2.40. The third-order valence-corrected chi connectivity index (χ3v) is 5.89. The van der Waals surface area contributed by atoms with Gasteiger partial charge in [0.05, 0.1) is 12.7 Å². The van der Waals surface area contributed by atoms with Crippen LogP contribution in [0, 0.1) is 5.92 Å². The minimum atomic E-state index is 0.701. The number of fused-ring (bicyclic) bond motifs is 3. The maximum absolute atomic E-state index is 4.67. The van der Waals surface area contributed by atoms with E-state index in [9.17, 15) is 0 Å². The molecule has 128 valence electrons. The van der Waals surface area contributed by atoms with Gasteiger partial charge in [-0.3, -0.25) is 4.90 Å². The molecule has 1 aromatic carbocycles. The number of aromatic amines is 1. The maximum atomic E-state index is 4.67. The van der Waals surface area contributed by atoms with Crippen molar-refractivity contribution in [3.8, 4) is 0 Å². The Morgan fingerprint density at radius 1 is 1.08 bits per heavy atom. The lowest BCUT2D eigenvalue weighted by molar-refractivity contribution is 0.0937. The Morgan fingerprint density at radius 2 is 1.88 bits per heavy atom. The van der Waals surface area contributed by atoms with E-state index in [2.05, 4.69) is 55.2 Å². The van der Waals surface area contributed by atoms with Crippen molar-refractivity contribution >= 4 is 11.2 Å². The fourth-order valence-electron chi connectivity index (χ4n) is 4.82. The molecule has 3 aromatic rings. The Kier molecular flexibility index (Phi) is 3.74. The van der Waals surface area contributed by atoms with E-state index in [1.165, 1.54) is 37.7 Å². The van der Waals surface area contributed by atoms with Crippen molar-refractivity contribution in [2.45, 2.75) is 50.7 Å². The monoisotopic (exact) mass is 333 g/mol. The van der Waals surface area contributed by atoms with Crippen LogP contribution >= 0.6 is 0 Å². The minimum Gasteiger partial charge on any atom is -0.325 e. The van der Waals surface area contributed by atoms with Crippen LogP contribution in [-0.2, 0) is 13.0 Å². The second-order valence-corrected chi connectivity index (χ2v) is 7.52. The Bertz CT molecular complexity index is 812. The van der Waals surface area contributed by atoms with E-state index in [1.54, 1.807) is 12.5 Å². The quantitative estimate of drug-likeness (QED) is 0.795. The first-order valence-corrected chi connectivity index (χ1v) is 9.29. The van der Waals surface area contributed by atoms with Gasteiger partial charge in [-0.25, -0.2) is 15.0 Å². The Balaban J connectivity index is 1.29. The van der Waals surface area contributed by atoms with Gasteiger partial charge in [0.25, 0.3) is 0 Å². The lowest BCUT2D eigenvalue weighted by Gasteiger charge is -2.38. The molecule has 1 N–H and O–H groups in total. The largest absolute Gasteiger partial charge is 0.325 e. The molecule has 2 aromatic heterocycles. The third kappa shape index (κ3) is 2.93. The summed E-state index contributed by atoms with van der Waals surface area (Å²) < 4.78 is 0. The second kappa shape index (κ2) is 6.23. The number of rotatable bonds is 4. The van der Waals surface area contributed by atoms with Crippen LogP contribution in [0.4, 0.5) is 0 Å². The van der Waals surface area contributed by atoms with E-state index in [0.717, 1.165) is 29.5 Å². The first-order chi connectivity index (χ1) is 12.3. The summed E-state index contributed by atoms with van der Waals surface area (Å²) in [7, 11) is 0. The predicted molar refractivity (Wildman–Crippen MR) is 96.9 cm³/mol. The number of imidazole rings is 1. The predicted octanol–water partition coefficient (Wildman–Crippen LogP) is 3.34. The molecule has 5 heteroatoms. The Morgan fingerprint density at radius 3 is 2.64 bits per heavy atom. The van der Waals surface area contributed by atoms with Gasteiger partial charge in [0.15, 0.2) is 5.65 Å². The number of nitrogens with one attached hydrogen (secondary N) is 1. The van der Waals surface area contributed by atoms with Crippen molar-refractivity contribution in [2.24, 2.45) is 5.92 Å². The lowest BCUT2D eigenvalue weighted by Crippen LogP contribution is -2.42. The molecule has 0 radical (unpaired) electrons. The summed E-state index contributed by atoms with van der Waals surface area (Å²) >= 11 is 0. The van der Waals surface area contributed by atoms with Crippen LogP contribution in [-0.4, -0.2) is 36.9 Å². The van der Waals surface area contributed by atoms with Crippen molar-refractivity contribution in [1.82, 2.24) is 24.8 Å². The van der Waals surface area contributed by atoms with Crippen LogP contribution in [0.5, 0.6) is 0 Å². The first-order valence-electron chi connectivity index (χ1n) is 9.29. The molecule has 5 nitrogen and oxygen atoms in total. The molecule has 2 saturated heterocycles. The van der Waals surface area contributed by atoms with E-state index in [-0.39, 0.29) is 0 Å². The molecule has 4 heterocycles. The van der Waals surface area contributed by atoms with Crippen LogP contribution in [0.2, 0.25) is 0 Å². The highest BCUT2D eigenvalue weighted by atomic mass is 15.2. The molecular weight excluding hydrogens is 310 g/mol. The van der Waals surface area contributed by atoms with Gasteiger partial charge in [0.1, 0.15) is 17.7 Å². The summed E-state index contributed by atoms with van der Waals surface area (Å²) in [6.45, 7) is 0.906. The maximum Gasteiger partial charge on any atom is 0.160 e. The molecule has 2 aliphatic heterocycles. The number of hydrogen-bond donors (Lipinski definition) is 1. The van der Waals surface area contributed by atoms with E-state index in [4.69, 9.17) is 0 Å². The number of benzene rings is 1. The van der Waals surface area contributed by atoms with Crippen LogP contribution in [0.3, 0.4) is 0 Å². The summed E-state index contributed by atoms with van der Waals surface area (Å²) in [6, 6.07) is 12.4. The number of hydrogen-bond acceptors (Lipinski definition) is 4. The topological polar surface area (TPSA) is 57.7 Å². The molecule has 2 aliphatic rings. The SMILES string of the molecule is c1ccc(CC2CC3CCC(C2)N3Cc2nc3cncnc3[nH]2)cc1. The molecule has 25 heavy (non-hydrogen) atoms. The molecular formula is C20H23N5. The van der Waals surface area contributed by atoms with E-state index < -0.39 is 0 Å². The third-order valence-electron chi connectivity index (χ3n) is 5.89. The van der Waals surface area contributed by atoms with Crippen LogP contribution in [0.1, 0.15) is 37.1 Å². The van der Waals surface area contributed by atoms with Crippen LogP contribution < -0.4 is 0 Å². The van der Waals surface area contributed by atoms with Gasteiger partial charge in [0.2, 0.25) is 0 Å². The van der Waals surface area contributed by atoms with E-state index in [0.29, 0.717) is 12.1 Å². The van der Waals surface area contributed by atoms with Gasteiger partial charge >= 0.3 is 0 Å². The van der Waals surface area contributed by atoms with Gasteiger partial charge in [0, 0.05) is 12.1 Å². The molecule has 0 saturated carbocycles. The standard InChI is InChI=1S/C20H23N5/c1-2-4-14(5-3-1)8-15-9-16-6-7-17(10-15)25(16)12-19-23-18-11-21-13-22-20(18)24-19/h1-5,11,13,15-17H,6-10,12H2,(H,21,22,23,24). The second-order valence-electron chi connectivity index (χ2n) is 7.52. The van der Waals surface area contributed by atoms with Gasteiger partial charge in [-0.2, -0.15) is 0 Å². The molecule has 2 atom stereocenters. The van der Waals surface area contributed by atoms with Crippen molar-refractivity contribution in [3.05, 3.63) is 54.2 Å². The summed E-state index contributed by atoms with van der Waals surface area (Å²) in [5.74, 6) is 1.84. The Labute approximate surface area is 147 Å². The number of H-pyrrole nitrogens is 1. The zero-order valence-corrected chi connectivity index (χ0v) is 14.3. The molecule has 2 unspecified atom stereocenters. The van der Waals surface area contributed by atoms with Gasteiger partial charge in [-0.15, -0.1) is 0 Å². The van der Waals surface area contributed by atoms with E-state index in [1.807, 2.05) is 0 Å². The highest BCUT2D eigenvalue weighted by molar-refractivity contribution is 5.68. The zero-order chi connectivity index (χ0) is 16.6. The van der Waals surface area contributed by atoms with Gasteiger partial charge < -0.3 is 4.98 Å². The Hall–Kier alpha value is -2.27. The summed E-state index contributed by atoms with van der Waals surface area (Å²) in [4.78, 5) is 19.0. The molecule has 0 aliphatic carbocycles. The molecule has 5 rings (SSSR count). The number of nitrogens with zero attached hydrogens (tertiary/aromatic N) is 4. The first kappa shape index (κ1) is 15.0. The van der Waals surface area contributed by atoms with Crippen LogP contribution in [0.25, 0.3) is 11.2 Å².